The molecule has 0 aliphatic carbocycles. The van der Waals surface area contributed by atoms with Crippen molar-refractivity contribution in [2.24, 2.45) is 0 Å². The highest BCUT2D eigenvalue weighted by Gasteiger charge is 2.35. The number of halogens is 2. The molecule has 0 atom stereocenters. The Morgan fingerprint density at radius 1 is 1.11 bits per heavy atom. The molecule has 2 N–H and O–H groups in total. The molecule has 0 saturated carbocycles. The number of hydrogen-bond donors (Lipinski definition) is 2. The molecule has 0 radical (unpaired) electrons. The minimum atomic E-state index is -3.33. The first-order valence-corrected chi connectivity index (χ1v) is 6.21. The van der Waals surface area contributed by atoms with E-state index in [2.05, 4.69) is 10.6 Å². The third-order valence-electron chi connectivity index (χ3n) is 2.08. The van der Waals surface area contributed by atoms with Gasteiger partial charge in [0.05, 0.1) is 0 Å². The van der Waals surface area contributed by atoms with Crippen LogP contribution in [0.1, 0.15) is 40.5 Å². The predicted octanol–water partition coefficient (Wildman–Crippen LogP) is 2.06. The number of ether oxygens (including phenoxy) is 1. The topological polar surface area (TPSA) is 67.4 Å². The highest BCUT2D eigenvalue weighted by atomic mass is 19.3. The maximum Gasteiger partial charge on any atom is 0.407 e. The van der Waals surface area contributed by atoms with Crippen LogP contribution in [-0.4, -0.2) is 36.6 Å². The highest BCUT2D eigenvalue weighted by Crippen LogP contribution is 2.17. The number of alkyl halides is 2. The van der Waals surface area contributed by atoms with Gasteiger partial charge < -0.3 is 15.4 Å². The monoisotopic (exact) mass is 280 g/mol. The van der Waals surface area contributed by atoms with E-state index in [4.69, 9.17) is 4.74 Å². The zero-order valence-corrected chi connectivity index (χ0v) is 11.8. The minimum Gasteiger partial charge on any atom is -0.444 e. The van der Waals surface area contributed by atoms with Gasteiger partial charge in [0.1, 0.15) is 5.60 Å². The molecular formula is C12H22F2N2O3. The fraction of sp³-hybridized carbons (Fsp3) is 0.833. The van der Waals surface area contributed by atoms with Crippen molar-refractivity contribution >= 4 is 12.0 Å². The molecule has 0 heterocycles. The van der Waals surface area contributed by atoms with E-state index in [1.165, 1.54) is 6.92 Å². The lowest BCUT2D eigenvalue weighted by molar-refractivity contribution is -0.145. The summed E-state index contributed by atoms with van der Waals surface area (Å²) in [6, 6.07) is 0. The van der Waals surface area contributed by atoms with Crippen LogP contribution in [0.3, 0.4) is 0 Å². The largest absolute Gasteiger partial charge is 0.444 e. The fourth-order valence-electron chi connectivity index (χ4n) is 1.08. The van der Waals surface area contributed by atoms with Crippen molar-refractivity contribution in [2.75, 3.05) is 13.1 Å². The minimum absolute atomic E-state index is 0.0736. The summed E-state index contributed by atoms with van der Waals surface area (Å²) in [5.41, 5.74) is -0.582. The number of nitrogens with one attached hydrogen (secondary N) is 2. The fourth-order valence-corrected chi connectivity index (χ4v) is 1.08. The average Bonchev–Trinajstić information content (AvgIpc) is 2.25. The van der Waals surface area contributed by atoms with E-state index in [1.807, 2.05) is 0 Å². The number of carbonyl (C=O) groups excluding carboxylic acids is 2. The molecule has 0 aromatic rings. The second-order valence-corrected chi connectivity index (χ2v) is 5.10. The molecule has 0 aliphatic heterocycles. The Labute approximate surface area is 112 Å². The predicted molar refractivity (Wildman–Crippen MR) is 67.1 cm³/mol. The van der Waals surface area contributed by atoms with Crippen LogP contribution in [0.5, 0.6) is 0 Å². The third kappa shape index (κ3) is 8.34. The van der Waals surface area contributed by atoms with Gasteiger partial charge in [0.25, 0.3) is 5.91 Å². The summed E-state index contributed by atoms with van der Waals surface area (Å²) in [5.74, 6) is -4.62. The molecule has 112 valence electrons. The molecule has 5 nitrogen and oxygen atoms in total. The molecule has 2 amide bonds. The second kappa shape index (κ2) is 7.25. The van der Waals surface area contributed by atoms with E-state index in [9.17, 15) is 18.4 Å². The Balaban J connectivity index is 3.72. The lowest BCUT2D eigenvalue weighted by Gasteiger charge is -2.19. The van der Waals surface area contributed by atoms with Gasteiger partial charge in [-0.3, -0.25) is 4.79 Å². The van der Waals surface area contributed by atoms with Gasteiger partial charge in [-0.25, -0.2) is 4.79 Å². The van der Waals surface area contributed by atoms with Crippen molar-refractivity contribution in [3.05, 3.63) is 0 Å². The van der Waals surface area contributed by atoms with E-state index in [-0.39, 0.29) is 13.1 Å². The van der Waals surface area contributed by atoms with Crippen LogP contribution >= 0.6 is 0 Å². The molecule has 0 spiro atoms. The number of amides is 2. The first kappa shape index (κ1) is 17.6. The number of rotatable bonds is 6. The van der Waals surface area contributed by atoms with Crippen molar-refractivity contribution in [1.82, 2.24) is 10.6 Å². The summed E-state index contributed by atoms with van der Waals surface area (Å²) in [6.07, 6.45) is -0.752. The van der Waals surface area contributed by atoms with Gasteiger partial charge in [0, 0.05) is 19.5 Å². The molecule has 19 heavy (non-hydrogen) atoms. The molecule has 0 fully saturated rings. The number of carbonyl (C=O) groups is 2. The zero-order chi connectivity index (χ0) is 15.1. The van der Waals surface area contributed by atoms with Crippen molar-refractivity contribution in [3.63, 3.8) is 0 Å². The normalized spacial score (nSPS) is 11.9. The van der Waals surface area contributed by atoms with Crippen molar-refractivity contribution in [3.8, 4) is 0 Å². The Morgan fingerprint density at radius 3 is 2.11 bits per heavy atom. The van der Waals surface area contributed by atoms with Gasteiger partial charge in [-0.1, -0.05) is 6.92 Å². The van der Waals surface area contributed by atoms with Gasteiger partial charge in [-0.15, -0.1) is 0 Å². The SMILES string of the molecule is CCC(F)(F)C(=O)NCCCNC(=O)OC(C)(C)C. The summed E-state index contributed by atoms with van der Waals surface area (Å²) in [7, 11) is 0. The van der Waals surface area contributed by atoms with E-state index < -0.39 is 29.9 Å². The third-order valence-corrected chi connectivity index (χ3v) is 2.08. The summed E-state index contributed by atoms with van der Waals surface area (Å²) in [6.45, 7) is 6.76. The Hall–Kier alpha value is -1.40. The van der Waals surface area contributed by atoms with Gasteiger partial charge in [0.15, 0.2) is 0 Å². The lowest BCUT2D eigenvalue weighted by Crippen LogP contribution is -2.41. The van der Waals surface area contributed by atoms with E-state index in [0.29, 0.717) is 6.42 Å². The maximum atomic E-state index is 12.9. The summed E-state index contributed by atoms with van der Waals surface area (Å²) in [4.78, 5) is 22.2. The molecule has 0 bridgehead atoms. The van der Waals surface area contributed by atoms with Crippen LogP contribution < -0.4 is 10.6 Å². The van der Waals surface area contributed by atoms with E-state index in [0.717, 1.165) is 0 Å². The molecule has 0 unspecified atom stereocenters. The van der Waals surface area contributed by atoms with Crippen LogP contribution in [0.4, 0.5) is 13.6 Å². The molecule has 0 aromatic carbocycles. The smallest absolute Gasteiger partial charge is 0.407 e. The summed E-state index contributed by atoms with van der Waals surface area (Å²) in [5, 5.41) is 4.58. The maximum absolute atomic E-state index is 12.9. The van der Waals surface area contributed by atoms with Gasteiger partial charge in [0.2, 0.25) is 0 Å². The first-order chi connectivity index (χ1) is 8.58. The molecule has 0 rings (SSSR count). The van der Waals surface area contributed by atoms with Crippen molar-refractivity contribution in [1.29, 1.82) is 0 Å². The van der Waals surface area contributed by atoms with Gasteiger partial charge in [-0.05, 0) is 27.2 Å². The van der Waals surface area contributed by atoms with Crippen LogP contribution in [0, 0.1) is 0 Å². The van der Waals surface area contributed by atoms with Crippen molar-refractivity contribution in [2.45, 2.75) is 52.1 Å². The lowest BCUT2D eigenvalue weighted by atomic mass is 10.2. The van der Waals surface area contributed by atoms with Crippen LogP contribution in [0.2, 0.25) is 0 Å². The molecule has 0 aromatic heterocycles. The highest BCUT2D eigenvalue weighted by molar-refractivity contribution is 5.83. The molecule has 0 saturated heterocycles. The zero-order valence-electron chi connectivity index (χ0n) is 11.8. The second-order valence-electron chi connectivity index (χ2n) is 5.10. The number of alkyl carbamates (subject to hydrolysis) is 1. The molecular weight excluding hydrogens is 258 g/mol. The summed E-state index contributed by atoms with van der Waals surface area (Å²) >= 11 is 0. The Morgan fingerprint density at radius 2 is 1.63 bits per heavy atom. The number of hydrogen-bond acceptors (Lipinski definition) is 3. The Kier molecular flexibility index (Phi) is 6.72. The van der Waals surface area contributed by atoms with Gasteiger partial charge >= 0.3 is 12.0 Å². The van der Waals surface area contributed by atoms with E-state index in [1.54, 1.807) is 20.8 Å². The van der Waals surface area contributed by atoms with Crippen molar-refractivity contribution < 1.29 is 23.1 Å². The molecule has 0 aliphatic rings. The average molecular weight is 280 g/mol. The quantitative estimate of drug-likeness (QED) is 0.732. The Bertz CT molecular complexity index is 315. The first-order valence-electron chi connectivity index (χ1n) is 6.21. The standard InChI is InChI=1S/C12H22F2N2O3/c1-5-12(13,14)9(17)15-7-6-8-16-10(18)19-11(2,3)4/h5-8H2,1-4H3,(H,15,17)(H,16,18). The van der Waals surface area contributed by atoms with E-state index >= 15 is 0 Å². The van der Waals surface area contributed by atoms with Gasteiger partial charge in [-0.2, -0.15) is 8.78 Å². The van der Waals surface area contributed by atoms with Crippen LogP contribution in [0.25, 0.3) is 0 Å². The van der Waals surface area contributed by atoms with Crippen LogP contribution in [0.15, 0.2) is 0 Å². The molecule has 7 heteroatoms. The summed E-state index contributed by atoms with van der Waals surface area (Å²) < 4.78 is 30.7. The van der Waals surface area contributed by atoms with Crippen LogP contribution in [-0.2, 0) is 9.53 Å².